The molecule has 1 amide bonds. The molecule has 0 aromatic carbocycles. The Labute approximate surface area is 179 Å². The number of hydrogen-bond acceptors (Lipinski definition) is 7. The Morgan fingerprint density at radius 1 is 1.13 bits per heavy atom. The van der Waals surface area contributed by atoms with Gasteiger partial charge in [0.25, 0.3) is 5.91 Å². The summed E-state index contributed by atoms with van der Waals surface area (Å²) in [5.74, 6) is 0.573. The van der Waals surface area contributed by atoms with Gasteiger partial charge in [-0.05, 0) is 37.1 Å². The van der Waals surface area contributed by atoms with Crippen LogP contribution in [0.1, 0.15) is 34.9 Å². The minimum atomic E-state index is -0.313. The summed E-state index contributed by atoms with van der Waals surface area (Å²) in [6.07, 6.45) is 11.1. The van der Waals surface area contributed by atoms with Gasteiger partial charge in [0.15, 0.2) is 11.5 Å². The third-order valence-corrected chi connectivity index (χ3v) is 5.06. The van der Waals surface area contributed by atoms with Gasteiger partial charge in [0.1, 0.15) is 6.67 Å². The summed E-state index contributed by atoms with van der Waals surface area (Å²) in [6.45, 7) is 0.609. The molecule has 3 aromatic heterocycles. The van der Waals surface area contributed by atoms with E-state index in [-0.39, 0.29) is 5.91 Å². The van der Waals surface area contributed by atoms with Crippen molar-refractivity contribution in [3.63, 3.8) is 0 Å². The largest absolute Gasteiger partial charge is 0.360 e. The third kappa shape index (κ3) is 4.30. The summed E-state index contributed by atoms with van der Waals surface area (Å²) in [5, 5.41) is 10.6. The van der Waals surface area contributed by atoms with Gasteiger partial charge in [-0.1, -0.05) is 0 Å². The lowest BCUT2D eigenvalue weighted by Gasteiger charge is -2.19. The molecule has 31 heavy (non-hydrogen) atoms. The van der Waals surface area contributed by atoms with Gasteiger partial charge in [-0.25, -0.2) is 9.67 Å². The highest BCUT2D eigenvalue weighted by Gasteiger charge is 2.27. The first-order valence-electron chi connectivity index (χ1n) is 10.1. The van der Waals surface area contributed by atoms with Crippen LogP contribution in [0.2, 0.25) is 0 Å². The number of allylic oxidation sites excluding steroid dienone is 1. The van der Waals surface area contributed by atoms with Gasteiger partial charge in [0.2, 0.25) is 0 Å². The minimum absolute atomic E-state index is 0.313. The average molecular weight is 414 g/mol. The number of nitrogens with zero attached hydrogens (tertiary/aromatic N) is 6. The number of rotatable bonds is 6. The number of aromatic nitrogens is 4. The van der Waals surface area contributed by atoms with Gasteiger partial charge in [0.05, 0.1) is 17.1 Å². The molecule has 0 atom stereocenters. The smallest absolute Gasteiger partial charge is 0.277 e. The van der Waals surface area contributed by atoms with Gasteiger partial charge in [-0.3, -0.25) is 14.8 Å². The van der Waals surface area contributed by atoms with E-state index < -0.39 is 0 Å². The summed E-state index contributed by atoms with van der Waals surface area (Å²) in [5.41, 5.74) is 3.57. The molecular weight excluding hydrogens is 392 g/mol. The van der Waals surface area contributed by atoms with Gasteiger partial charge in [-0.2, -0.15) is 5.10 Å². The highest BCUT2D eigenvalue weighted by Crippen LogP contribution is 2.39. The quantitative estimate of drug-likeness (QED) is 0.643. The number of carbonyl (C=O) groups excluding carboxylic acids is 1. The predicted octanol–water partition coefficient (Wildman–Crippen LogP) is 3.02. The van der Waals surface area contributed by atoms with E-state index in [2.05, 4.69) is 30.7 Å². The lowest BCUT2D eigenvalue weighted by Crippen LogP contribution is -2.21. The van der Waals surface area contributed by atoms with Crippen molar-refractivity contribution in [1.82, 2.24) is 24.6 Å². The number of pyridine rings is 2. The zero-order chi connectivity index (χ0) is 21.2. The van der Waals surface area contributed by atoms with Crippen molar-refractivity contribution in [2.75, 3.05) is 24.3 Å². The topological polar surface area (TPSA) is 100 Å². The lowest BCUT2D eigenvalue weighted by atomic mass is 10.2. The molecule has 3 aromatic rings. The molecule has 4 heterocycles. The summed E-state index contributed by atoms with van der Waals surface area (Å²) in [7, 11) is 1.94. The number of hydrogen-bond donors (Lipinski definition) is 2. The van der Waals surface area contributed by atoms with Crippen LogP contribution in [0.5, 0.6) is 0 Å². The molecule has 0 radical (unpaired) electrons. The predicted molar refractivity (Wildman–Crippen MR) is 118 cm³/mol. The van der Waals surface area contributed by atoms with Crippen LogP contribution in [0.15, 0.2) is 65.8 Å². The fraction of sp³-hybridized carbons (Fsp3) is 0.227. The summed E-state index contributed by atoms with van der Waals surface area (Å²) < 4.78 is 1.68. The number of aliphatic imine (C=N–C) groups is 1. The van der Waals surface area contributed by atoms with Gasteiger partial charge >= 0.3 is 0 Å². The van der Waals surface area contributed by atoms with Crippen LogP contribution in [0, 0.1) is 0 Å². The van der Waals surface area contributed by atoms with Crippen molar-refractivity contribution in [2.24, 2.45) is 4.99 Å². The van der Waals surface area contributed by atoms with Crippen LogP contribution in [-0.4, -0.2) is 50.5 Å². The number of anilines is 2. The van der Waals surface area contributed by atoms with E-state index in [1.165, 1.54) is 0 Å². The zero-order valence-electron chi connectivity index (χ0n) is 17.1. The normalized spacial score (nSPS) is 15.5. The SMILES string of the molecule is CN1C=C(Nc2ccc(C3CC3)nc2C(=O)Nc2ccn(-c3ccncc3)n2)C=NC1. The molecule has 1 saturated carbocycles. The summed E-state index contributed by atoms with van der Waals surface area (Å²) in [4.78, 5) is 28.1. The van der Waals surface area contributed by atoms with Crippen molar-refractivity contribution in [2.45, 2.75) is 18.8 Å². The zero-order valence-corrected chi connectivity index (χ0v) is 17.1. The Morgan fingerprint density at radius 2 is 1.97 bits per heavy atom. The Hall–Kier alpha value is -4.01. The molecule has 2 N–H and O–H groups in total. The fourth-order valence-electron chi connectivity index (χ4n) is 3.36. The monoisotopic (exact) mass is 414 g/mol. The van der Waals surface area contributed by atoms with Crippen molar-refractivity contribution < 1.29 is 4.79 Å². The highest BCUT2D eigenvalue weighted by molar-refractivity contribution is 6.06. The second-order valence-electron chi connectivity index (χ2n) is 7.63. The van der Waals surface area contributed by atoms with Gasteiger partial charge < -0.3 is 15.5 Å². The first-order chi connectivity index (χ1) is 15.2. The van der Waals surface area contributed by atoms with E-state index in [0.717, 1.165) is 29.9 Å². The van der Waals surface area contributed by atoms with Crippen molar-refractivity contribution >= 4 is 23.6 Å². The second-order valence-corrected chi connectivity index (χ2v) is 7.63. The molecule has 0 spiro atoms. The second kappa shape index (κ2) is 8.02. The molecular formula is C22H22N8O. The van der Waals surface area contributed by atoms with E-state index >= 15 is 0 Å². The first-order valence-corrected chi connectivity index (χ1v) is 10.1. The number of nitrogens with one attached hydrogen (secondary N) is 2. The first kappa shape index (κ1) is 19.0. The summed E-state index contributed by atoms with van der Waals surface area (Å²) >= 11 is 0. The van der Waals surface area contributed by atoms with Crippen LogP contribution in [0.4, 0.5) is 11.5 Å². The number of carbonyl (C=O) groups is 1. The Balaban J connectivity index is 1.40. The highest BCUT2D eigenvalue weighted by atomic mass is 16.2. The van der Waals surface area contributed by atoms with E-state index in [4.69, 9.17) is 0 Å². The maximum atomic E-state index is 13.1. The van der Waals surface area contributed by atoms with E-state index in [1.54, 1.807) is 35.6 Å². The molecule has 9 heteroatoms. The Kier molecular flexibility index (Phi) is 4.91. The van der Waals surface area contributed by atoms with Crippen molar-refractivity contribution in [3.05, 3.63) is 72.2 Å². The molecule has 0 saturated heterocycles. The van der Waals surface area contributed by atoms with Gasteiger partial charge in [0, 0.05) is 55.7 Å². The van der Waals surface area contributed by atoms with Gasteiger partial charge in [-0.15, -0.1) is 0 Å². The molecule has 1 fully saturated rings. The van der Waals surface area contributed by atoms with Crippen LogP contribution in [0.25, 0.3) is 5.69 Å². The standard InChI is InChI=1S/C22H22N8O/c1-29-13-16(12-24-14-29)25-19-5-4-18(15-2-3-15)26-21(19)22(31)27-20-8-11-30(28-20)17-6-9-23-10-7-17/h4-13,15,25H,2-3,14H2,1H3,(H,27,28,31). The van der Waals surface area contributed by atoms with Crippen LogP contribution in [0.3, 0.4) is 0 Å². The fourth-order valence-corrected chi connectivity index (χ4v) is 3.36. The van der Waals surface area contributed by atoms with Crippen LogP contribution >= 0.6 is 0 Å². The van der Waals surface area contributed by atoms with E-state index in [9.17, 15) is 4.79 Å². The number of amides is 1. The Bertz CT molecular complexity index is 1160. The van der Waals surface area contributed by atoms with Crippen LogP contribution < -0.4 is 10.6 Å². The van der Waals surface area contributed by atoms with Crippen LogP contribution in [-0.2, 0) is 0 Å². The minimum Gasteiger partial charge on any atom is -0.360 e. The maximum Gasteiger partial charge on any atom is 0.277 e. The third-order valence-electron chi connectivity index (χ3n) is 5.06. The van der Waals surface area contributed by atoms with Crippen molar-refractivity contribution in [3.8, 4) is 5.69 Å². The average Bonchev–Trinajstić information content (AvgIpc) is 3.53. The molecule has 9 nitrogen and oxygen atoms in total. The molecule has 2 aliphatic rings. The van der Waals surface area contributed by atoms with Crippen molar-refractivity contribution in [1.29, 1.82) is 0 Å². The molecule has 156 valence electrons. The van der Waals surface area contributed by atoms with E-state index in [1.807, 2.05) is 42.4 Å². The molecule has 0 unspecified atom stereocenters. The maximum absolute atomic E-state index is 13.1. The lowest BCUT2D eigenvalue weighted by molar-refractivity contribution is 0.102. The molecule has 1 aliphatic carbocycles. The van der Waals surface area contributed by atoms with E-state index in [0.29, 0.717) is 29.8 Å². The summed E-state index contributed by atoms with van der Waals surface area (Å²) in [6, 6.07) is 9.34. The molecule has 0 bridgehead atoms. The molecule has 5 rings (SSSR count). The Morgan fingerprint density at radius 3 is 2.74 bits per heavy atom. The molecule has 1 aliphatic heterocycles.